The van der Waals surface area contributed by atoms with Crippen LogP contribution < -0.4 is 10.1 Å². The molecule has 2 aliphatic heterocycles. The maximum Gasteiger partial charge on any atom is 0.335 e. The Labute approximate surface area is 204 Å². The van der Waals surface area contributed by atoms with E-state index in [0.29, 0.717) is 44.9 Å². The number of hydrogen-bond donors (Lipinski definition) is 2. The number of nitrogens with one attached hydrogen (secondary N) is 1. The Morgan fingerprint density at radius 3 is 2.56 bits per heavy atom. The second-order valence-corrected chi connectivity index (χ2v) is 8.70. The van der Waals surface area contributed by atoms with Crippen molar-refractivity contribution in [2.45, 2.75) is 43.9 Å². The van der Waals surface area contributed by atoms with Gasteiger partial charge in [0, 0.05) is 32.4 Å². The van der Waals surface area contributed by atoms with Crippen LogP contribution in [0.25, 0.3) is 0 Å². The predicted octanol–water partition coefficient (Wildman–Crippen LogP) is 3.83. The second kappa shape index (κ2) is 11.2. The van der Waals surface area contributed by atoms with Crippen molar-refractivity contribution in [2.24, 2.45) is 0 Å². The maximum atomic E-state index is 13.6. The molecule has 4 rings (SSSR count). The molecule has 0 bridgehead atoms. The van der Waals surface area contributed by atoms with E-state index in [2.05, 4.69) is 10.2 Å². The third-order valence-electron chi connectivity index (χ3n) is 6.60. The minimum atomic E-state index is -0.983. The molecule has 2 atom stereocenters. The van der Waals surface area contributed by atoms with Crippen molar-refractivity contribution < 1.29 is 28.6 Å². The van der Waals surface area contributed by atoms with Crippen LogP contribution in [0.4, 0.5) is 4.39 Å². The van der Waals surface area contributed by atoms with Crippen LogP contribution in [0.15, 0.2) is 48.5 Å². The van der Waals surface area contributed by atoms with Crippen molar-refractivity contribution in [2.75, 3.05) is 26.3 Å². The molecule has 0 radical (unpaired) electrons. The molecular weight excluding hydrogens is 463 g/mol. The third-order valence-corrected chi connectivity index (χ3v) is 6.60. The fourth-order valence-electron chi connectivity index (χ4n) is 4.67. The van der Waals surface area contributed by atoms with Crippen molar-refractivity contribution in [3.05, 3.63) is 65.5 Å². The van der Waals surface area contributed by atoms with Crippen LogP contribution in [-0.2, 0) is 9.53 Å². The van der Waals surface area contributed by atoms with E-state index < -0.39 is 11.5 Å². The first kappa shape index (κ1) is 25.9. The van der Waals surface area contributed by atoms with Crippen molar-refractivity contribution in [1.29, 1.82) is 0 Å². The van der Waals surface area contributed by atoms with Crippen LogP contribution in [0.1, 0.15) is 48.1 Å². The quantitative estimate of drug-likeness (QED) is 0.611. The summed E-state index contributed by atoms with van der Waals surface area (Å²) in [4.78, 5) is 26.9. The lowest BCUT2D eigenvalue weighted by Gasteiger charge is -2.43. The van der Waals surface area contributed by atoms with E-state index in [1.807, 2.05) is 6.92 Å². The van der Waals surface area contributed by atoms with E-state index >= 15 is 0 Å². The summed E-state index contributed by atoms with van der Waals surface area (Å²) in [7, 11) is 0. The predicted molar refractivity (Wildman–Crippen MR) is 127 cm³/mol. The highest BCUT2D eigenvalue weighted by Crippen LogP contribution is 2.33. The summed E-state index contributed by atoms with van der Waals surface area (Å²) >= 11 is 0. The fourth-order valence-corrected chi connectivity index (χ4v) is 4.67. The van der Waals surface area contributed by atoms with Gasteiger partial charge in [-0.15, -0.1) is 12.4 Å². The Bertz CT molecular complexity index is 997. The average molecular weight is 493 g/mol. The monoisotopic (exact) mass is 492 g/mol. The number of likely N-dealkylation sites (tertiary alicyclic amines) is 1. The van der Waals surface area contributed by atoms with Gasteiger partial charge in [-0.05, 0) is 56.0 Å². The summed E-state index contributed by atoms with van der Waals surface area (Å²) in [6.07, 6.45) is 1.78. The number of halogens is 2. The Morgan fingerprint density at radius 2 is 1.91 bits per heavy atom. The lowest BCUT2D eigenvalue weighted by atomic mass is 9.86. The van der Waals surface area contributed by atoms with Gasteiger partial charge >= 0.3 is 5.97 Å². The molecule has 2 aromatic rings. The molecule has 0 aromatic heterocycles. The van der Waals surface area contributed by atoms with Gasteiger partial charge in [0.1, 0.15) is 23.2 Å². The van der Waals surface area contributed by atoms with Crippen molar-refractivity contribution >= 4 is 24.3 Å². The van der Waals surface area contributed by atoms with Crippen molar-refractivity contribution in [1.82, 2.24) is 10.2 Å². The number of nitrogens with zero attached hydrogens (tertiary/aromatic N) is 1. The van der Waals surface area contributed by atoms with Gasteiger partial charge in [-0.3, -0.25) is 9.69 Å². The van der Waals surface area contributed by atoms with Crippen LogP contribution in [0.2, 0.25) is 0 Å². The smallest absolute Gasteiger partial charge is 0.335 e. The largest absolute Gasteiger partial charge is 0.489 e. The molecule has 9 heteroatoms. The zero-order valence-corrected chi connectivity index (χ0v) is 19.9. The number of carbonyl (C=O) groups excluding carboxylic acids is 1. The number of carboxylic acid groups (broad SMARTS) is 1. The summed E-state index contributed by atoms with van der Waals surface area (Å²) in [5.74, 6) is -0.894. The lowest BCUT2D eigenvalue weighted by molar-refractivity contribution is -0.140. The van der Waals surface area contributed by atoms with Gasteiger partial charge in [-0.25, -0.2) is 9.18 Å². The number of hydrogen-bond acceptors (Lipinski definition) is 5. The lowest BCUT2D eigenvalue weighted by Crippen LogP contribution is -2.61. The van der Waals surface area contributed by atoms with Gasteiger partial charge in [0.05, 0.1) is 11.6 Å². The number of amides is 1. The van der Waals surface area contributed by atoms with Crippen LogP contribution in [-0.4, -0.2) is 59.8 Å². The van der Waals surface area contributed by atoms with Gasteiger partial charge in [0.15, 0.2) is 0 Å². The highest BCUT2D eigenvalue weighted by Gasteiger charge is 2.48. The van der Waals surface area contributed by atoms with E-state index in [0.717, 1.165) is 12.0 Å². The minimum absolute atomic E-state index is 0. The summed E-state index contributed by atoms with van der Waals surface area (Å²) in [5, 5.41) is 12.2. The van der Waals surface area contributed by atoms with E-state index in [1.165, 1.54) is 12.1 Å². The molecule has 2 aromatic carbocycles. The molecule has 0 saturated carbocycles. The minimum Gasteiger partial charge on any atom is -0.489 e. The molecule has 2 N–H and O–H groups in total. The van der Waals surface area contributed by atoms with Crippen molar-refractivity contribution in [3.63, 3.8) is 0 Å². The number of carbonyl (C=O) groups is 2. The Morgan fingerprint density at radius 1 is 1.21 bits per heavy atom. The normalized spacial score (nSPS) is 20.7. The molecule has 0 unspecified atom stereocenters. The first-order chi connectivity index (χ1) is 15.9. The summed E-state index contributed by atoms with van der Waals surface area (Å²) in [6.45, 7) is 4.17. The molecule has 0 aliphatic carbocycles. The maximum absolute atomic E-state index is 13.6. The molecule has 0 spiro atoms. The number of benzene rings is 2. The first-order valence-electron chi connectivity index (χ1n) is 11.3. The molecule has 1 amide bonds. The summed E-state index contributed by atoms with van der Waals surface area (Å²) in [5.41, 5.74) is 0.344. The summed E-state index contributed by atoms with van der Waals surface area (Å²) < 4.78 is 25.1. The van der Waals surface area contributed by atoms with Crippen LogP contribution in [0.3, 0.4) is 0 Å². The van der Waals surface area contributed by atoms with Gasteiger partial charge in [-0.1, -0.05) is 18.2 Å². The zero-order valence-electron chi connectivity index (χ0n) is 19.0. The van der Waals surface area contributed by atoms with Crippen molar-refractivity contribution in [3.8, 4) is 5.75 Å². The van der Waals surface area contributed by atoms with E-state index in [4.69, 9.17) is 14.6 Å². The molecule has 34 heavy (non-hydrogen) atoms. The fraction of sp³-hybridized carbons (Fsp3) is 0.440. The van der Waals surface area contributed by atoms with Gasteiger partial charge in [0.2, 0.25) is 5.91 Å². The zero-order chi connectivity index (χ0) is 23.4. The molecule has 7 nitrogen and oxygen atoms in total. The molecular formula is C25H30ClFN2O5. The SMILES string of the molecule is C[C@H](NC(=O)C1(N2CC[C@@H](Oc3cccc(F)c3)C2)CCOCC1)c1ccc(C(=O)O)cc1.Cl. The highest BCUT2D eigenvalue weighted by molar-refractivity contribution is 5.88. The average Bonchev–Trinajstić information content (AvgIpc) is 3.28. The Balaban J connectivity index is 0.00000324. The second-order valence-electron chi connectivity index (χ2n) is 8.70. The van der Waals surface area contributed by atoms with Crippen LogP contribution in [0.5, 0.6) is 5.75 Å². The number of aromatic carboxylic acids is 1. The Hall–Kier alpha value is -2.68. The van der Waals surface area contributed by atoms with E-state index in [9.17, 15) is 14.0 Å². The number of ether oxygens (including phenoxy) is 2. The highest BCUT2D eigenvalue weighted by atomic mass is 35.5. The van der Waals surface area contributed by atoms with E-state index in [-0.39, 0.29) is 41.8 Å². The van der Waals surface area contributed by atoms with E-state index in [1.54, 1.807) is 36.4 Å². The van der Waals surface area contributed by atoms with Gasteiger partial charge < -0.3 is 19.9 Å². The molecule has 2 aliphatic rings. The molecule has 184 valence electrons. The third kappa shape index (κ3) is 5.68. The summed E-state index contributed by atoms with van der Waals surface area (Å²) in [6, 6.07) is 12.4. The molecule has 2 heterocycles. The standard InChI is InChI=1S/C25H29FN2O5.ClH/c1-17(18-5-7-19(8-6-18)23(29)30)27-24(31)25(10-13-32-14-11-25)28-12-9-22(16-28)33-21-4-2-3-20(26)15-21;/h2-8,15,17,22H,9-14,16H2,1H3,(H,27,31)(H,29,30);1H/t17-,22+;/m0./s1. The molecule has 2 saturated heterocycles. The van der Waals surface area contributed by atoms with Crippen LogP contribution >= 0.6 is 12.4 Å². The van der Waals surface area contributed by atoms with Crippen LogP contribution in [0, 0.1) is 5.82 Å². The number of carboxylic acids is 1. The Kier molecular flexibility index (Phi) is 8.52. The van der Waals surface area contributed by atoms with Gasteiger partial charge in [0.25, 0.3) is 0 Å². The number of rotatable bonds is 7. The first-order valence-corrected chi connectivity index (χ1v) is 11.3. The molecule has 2 fully saturated rings. The van der Waals surface area contributed by atoms with Gasteiger partial charge in [-0.2, -0.15) is 0 Å². The topological polar surface area (TPSA) is 88.1 Å².